The Balaban J connectivity index is 1.42. The second-order valence-electron chi connectivity index (χ2n) is 10.7. The molecule has 0 saturated carbocycles. The molecule has 1 N–H and O–H groups in total. The van der Waals surface area contributed by atoms with Crippen LogP contribution in [-0.2, 0) is 21.9 Å². The fraction of sp³-hybridized carbons (Fsp3) is 0.303. The molecule has 0 fully saturated rings. The smallest absolute Gasteiger partial charge is 0.338 e. The average molecular weight is 569 g/mol. The van der Waals surface area contributed by atoms with E-state index in [1.54, 1.807) is 16.4 Å². The molecule has 1 atom stereocenters. The lowest BCUT2D eigenvalue weighted by Crippen LogP contribution is -2.30. The number of hydrogen-bond acceptors (Lipinski definition) is 7. The van der Waals surface area contributed by atoms with Crippen LogP contribution in [0.1, 0.15) is 60.2 Å². The van der Waals surface area contributed by atoms with Gasteiger partial charge >= 0.3 is 5.97 Å². The third-order valence-electron chi connectivity index (χ3n) is 7.15. The highest BCUT2D eigenvalue weighted by Crippen LogP contribution is 2.38. The maximum atomic E-state index is 13.3. The summed E-state index contributed by atoms with van der Waals surface area (Å²) >= 11 is 1.56. The lowest BCUT2D eigenvalue weighted by molar-refractivity contribution is -0.143. The third-order valence-corrected chi connectivity index (χ3v) is 8.06. The van der Waals surface area contributed by atoms with E-state index in [4.69, 9.17) is 19.6 Å². The van der Waals surface area contributed by atoms with Gasteiger partial charge in [-0.05, 0) is 87.1 Å². The molecular formula is C33H36N4O3S. The van der Waals surface area contributed by atoms with Crippen LogP contribution in [0.4, 0.5) is 5.95 Å². The predicted octanol–water partition coefficient (Wildman–Crippen LogP) is 7.32. The van der Waals surface area contributed by atoms with Gasteiger partial charge in [-0.1, -0.05) is 66.4 Å². The van der Waals surface area contributed by atoms with E-state index in [0.29, 0.717) is 29.0 Å². The van der Waals surface area contributed by atoms with Gasteiger partial charge in [0, 0.05) is 11.4 Å². The number of carbonyl (C=O) groups excluding carboxylic acids is 1. The maximum absolute atomic E-state index is 13.3. The van der Waals surface area contributed by atoms with Gasteiger partial charge in [0.05, 0.1) is 11.7 Å². The van der Waals surface area contributed by atoms with Gasteiger partial charge in [0.1, 0.15) is 18.4 Å². The van der Waals surface area contributed by atoms with E-state index in [0.717, 1.165) is 17.1 Å². The molecule has 1 aromatic heterocycles. The second-order valence-corrected chi connectivity index (χ2v) is 11.6. The van der Waals surface area contributed by atoms with Crippen molar-refractivity contribution in [2.45, 2.75) is 71.2 Å². The van der Waals surface area contributed by atoms with E-state index in [1.807, 2.05) is 63.2 Å². The molecule has 212 valence electrons. The molecule has 0 amide bonds. The number of allylic oxidation sites excluding steroid dienone is 1. The molecule has 3 aromatic carbocycles. The van der Waals surface area contributed by atoms with Crippen LogP contribution < -0.4 is 10.1 Å². The molecule has 0 saturated heterocycles. The molecular weight excluding hydrogens is 532 g/mol. The molecule has 0 spiro atoms. The van der Waals surface area contributed by atoms with Crippen LogP contribution in [0, 0.1) is 20.8 Å². The lowest BCUT2D eigenvalue weighted by Gasteiger charge is -2.28. The van der Waals surface area contributed by atoms with Crippen molar-refractivity contribution in [3.63, 3.8) is 0 Å². The van der Waals surface area contributed by atoms with Gasteiger partial charge in [-0.2, -0.15) is 4.98 Å². The predicted molar refractivity (Wildman–Crippen MR) is 163 cm³/mol. The Labute approximate surface area is 246 Å². The van der Waals surface area contributed by atoms with Gasteiger partial charge in [-0.25, -0.2) is 9.48 Å². The number of carbonyl (C=O) groups is 1. The number of thioether (sulfide) groups is 1. The Morgan fingerprint density at radius 2 is 1.68 bits per heavy atom. The largest absolute Gasteiger partial charge is 0.489 e. The lowest BCUT2D eigenvalue weighted by atomic mass is 9.95. The van der Waals surface area contributed by atoms with Crippen molar-refractivity contribution in [1.29, 1.82) is 0 Å². The highest BCUT2D eigenvalue weighted by molar-refractivity contribution is 7.98. The Hall–Kier alpha value is -4.04. The zero-order valence-electron chi connectivity index (χ0n) is 24.4. The first-order valence-corrected chi connectivity index (χ1v) is 14.8. The van der Waals surface area contributed by atoms with Crippen molar-refractivity contribution in [1.82, 2.24) is 14.8 Å². The molecule has 41 heavy (non-hydrogen) atoms. The van der Waals surface area contributed by atoms with E-state index in [2.05, 4.69) is 50.4 Å². The van der Waals surface area contributed by atoms with Crippen LogP contribution in [-0.4, -0.2) is 26.8 Å². The number of nitrogens with zero attached hydrogens (tertiary/aromatic N) is 3. The number of hydrogen-bond donors (Lipinski definition) is 1. The molecule has 1 aliphatic rings. The van der Waals surface area contributed by atoms with Crippen LogP contribution in [0.15, 0.2) is 83.2 Å². The minimum atomic E-state index is -0.493. The number of aryl methyl sites for hydroxylation is 3. The number of ether oxygens (including phenoxy) is 2. The van der Waals surface area contributed by atoms with Crippen molar-refractivity contribution >= 4 is 23.7 Å². The summed E-state index contributed by atoms with van der Waals surface area (Å²) in [6, 6.07) is 22.0. The summed E-state index contributed by atoms with van der Waals surface area (Å²) in [6.45, 7) is 12.4. The fourth-order valence-corrected chi connectivity index (χ4v) is 5.63. The Morgan fingerprint density at radius 3 is 2.39 bits per heavy atom. The van der Waals surface area contributed by atoms with Gasteiger partial charge in [-0.3, -0.25) is 0 Å². The Bertz CT molecular complexity index is 1580. The first-order valence-electron chi connectivity index (χ1n) is 13.8. The SMILES string of the molecule is CC1=C(C(=O)OC(C)C)C(c2ccc(OCc3cc(C)c(C)cc3C)cc2)n2nc(SCc3ccccc3)nc2N1. The van der Waals surface area contributed by atoms with Gasteiger partial charge in [-0.15, -0.1) is 5.10 Å². The number of nitrogens with one attached hydrogen (secondary N) is 1. The number of esters is 1. The quantitative estimate of drug-likeness (QED) is 0.167. The third kappa shape index (κ3) is 6.49. The first kappa shape index (κ1) is 28.5. The number of rotatable bonds is 9. The van der Waals surface area contributed by atoms with Crippen molar-refractivity contribution in [2.24, 2.45) is 0 Å². The summed E-state index contributed by atoms with van der Waals surface area (Å²) in [6.07, 6.45) is -0.248. The summed E-state index contributed by atoms with van der Waals surface area (Å²) in [5, 5.41) is 8.74. The standard InChI is InChI=1S/C33H36N4O3S/c1-20(2)40-31(38)29-24(6)34-32-35-33(41-19-25-10-8-7-9-11-25)36-37(32)30(29)26-12-14-28(15-13-26)39-18-27-17-22(4)21(3)16-23(27)5/h7-17,20,30H,18-19H2,1-6H3,(H,34,35,36). The molecule has 1 unspecified atom stereocenters. The Kier molecular flexibility index (Phi) is 8.49. The van der Waals surface area contributed by atoms with Crippen molar-refractivity contribution in [2.75, 3.05) is 5.32 Å². The van der Waals surface area contributed by atoms with Crippen LogP contribution in [0.25, 0.3) is 0 Å². The van der Waals surface area contributed by atoms with Crippen LogP contribution in [0.2, 0.25) is 0 Å². The minimum absolute atomic E-state index is 0.248. The summed E-state index contributed by atoms with van der Waals surface area (Å²) < 4.78 is 13.6. The number of anilines is 1. The molecule has 0 bridgehead atoms. The van der Waals surface area contributed by atoms with Gasteiger partial charge in [0.15, 0.2) is 0 Å². The number of aromatic nitrogens is 3. The molecule has 0 aliphatic carbocycles. The zero-order chi connectivity index (χ0) is 29.1. The molecule has 0 radical (unpaired) electrons. The highest BCUT2D eigenvalue weighted by Gasteiger charge is 2.35. The van der Waals surface area contributed by atoms with Crippen molar-refractivity contribution in [3.8, 4) is 5.75 Å². The molecule has 5 rings (SSSR count). The molecule has 8 heteroatoms. The zero-order valence-corrected chi connectivity index (χ0v) is 25.2. The molecule has 4 aromatic rings. The summed E-state index contributed by atoms with van der Waals surface area (Å²) in [5.41, 5.74) is 8.21. The topological polar surface area (TPSA) is 78.3 Å². The average Bonchev–Trinajstić information content (AvgIpc) is 3.35. The maximum Gasteiger partial charge on any atom is 0.338 e. The molecule has 2 heterocycles. The summed E-state index contributed by atoms with van der Waals surface area (Å²) in [5.74, 6) is 1.72. The van der Waals surface area contributed by atoms with E-state index < -0.39 is 6.04 Å². The van der Waals surface area contributed by atoms with Gasteiger partial charge < -0.3 is 14.8 Å². The number of fused-ring (bicyclic) bond motifs is 1. The van der Waals surface area contributed by atoms with E-state index in [1.165, 1.54) is 27.8 Å². The summed E-state index contributed by atoms with van der Waals surface area (Å²) in [7, 11) is 0. The Morgan fingerprint density at radius 1 is 0.976 bits per heavy atom. The van der Waals surface area contributed by atoms with E-state index in [9.17, 15) is 4.79 Å². The minimum Gasteiger partial charge on any atom is -0.489 e. The number of benzene rings is 3. The first-order chi connectivity index (χ1) is 19.7. The van der Waals surface area contributed by atoms with Gasteiger partial charge in [0.2, 0.25) is 11.1 Å². The van der Waals surface area contributed by atoms with Crippen LogP contribution in [0.5, 0.6) is 5.75 Å². The highest BCUT2D eigenvalue weighted by atomic mass is 32.2. The van der Waals surface area contributed by atoms with Crippen molar-refractivity contribution < 1.29 is 14.3 Å². The fourth-order valence-electron chi connectivity index (χ4n) is 4.85. The van der Waals surface area contributed by atoms with Crippen LogP contribution in [0.3, 0.4) is 0 Å². The van der Waals surface area contributed by atoms with Crippen LogP contribution >= 0.6 is 11.8 Å². The monoisotopic (exact) mass is 568 g/mol. The summed E-state index contributed by atoms with van der Waals surface area (Å²) in [4.78, 5) is 18.1. The van der Waals surface area contributed by atoms with Crippen molar-refractivity contribution in [3.05, 3.63) is 111 Å². The van der Waals surface area contributed by atoms with E-state index >= 15 is 0 Å². The molecule has 1 aliphatic heterocycles. The second kappa shape index (κ2) is 12.2. The molecule has 7 nitrogen and oxygen atoms in total. The normalized spacial score (nSPS) is 14.6. The van der Waals surface area contributed by atoms with E-state index in [-0.39, 0.29) is 12.1 Å². The van der Waals surface area contributed by atoms with Gasteiger partial charge in [0.25, 0.3) is 0 Å².